The van der Waals surface area contributed by atoms with Crippen LogP contribution in [0, 0.1) is 5.92 Å². The van der Waals surface area contributed by atoms with Gasteiger partial charge in [-0.05, 0) is 44.8 Å². The molecule has 218 valence electrons. The number of nitrogens with zero attached hydrogens (tertiary/aromatic N) is 3. The first-order chi connectivity index (χ1) is 18.7. The van der Waals surface area contributed by atoms with Crippen LogP contribution in [0.15, 0.2) is 10.6 Å². The molecular weight excluding hydrogens is 521 g/mol. The van der Waals surface area contributed by atoms with Crippen LogP contribution >= 0.6 is 0 Å². The van der Waals surface area contributed by atoms with Gasteiger partial charge in [0.25, 0.3) is 0 Å². The van der Waals surface area contributed by atoms with E-state index < -0.39 is 17.5 Å². The Morgan fingerprint density at radius 2 is 1.77 bits per heavy atom. The molecule has 0 spiro atoms. The van der Waals surface area contributed by atoms with E-state index in [0.717, 1.165) is 44.8 Å². The number of rotatable bonds is 5. The van der Waals surface area contributed by atoms with Crippen LogP contribution in [0.25, 0.3) is 11.3 Å². The number of alkyl halides is 3. The summed E-state index contributed by atoms with van der Waals surface area (Å²) in [6.45, 7) is 4.99. The quantitative estimate of drug-likeness (QED) is 0.559. The number of likely N-dealkylation sites (tertiary alicyclic amines) is 1. The molecule has 5 rings (SSSR count). The molecule has 2 saturated heterocycles. The van der Waals surface area contributed by atoms with E-state index in [1.165, 1.54) is 7.11 Å². The molecule has 0 unspecified atom stereocenters. The number of hydrogen-bond donors (Lipinski definition) is 1. The number of aryl methyl sites for hydroxylation is 2. The van der Waals surface area contributed by atoms with E-state index in [4.69, 9.17) is 18.6 Å². The third-order valence-corrected chi connectivity index (χ3v) is 6.52. The summed E-state index contributed by atoms with van der Waals surface area (Å²) in [6.07, 6.45) is -0.418. The van der Waals surface area contributed by atoms with Crippen LogP contribution in [0.4, 0.5) is 13.2 Å². The first-order valence-electron chi connectivity index (χ1n) is 13.0. The number of carbonyl (C=O) groups is 2. The standard InChI is InChI=1S/C20H22F3N3O4.C4H8O2.C2H7N/c1-29-11-16(28)25-6-4-12(5-7-25)8-26-9-13-2-3-14-17(19(13)24-26)18(20(21,22)23)15(10-27)30-14;1-2-6-4-3-5-1;1-3-2/h9-10,12H,2-8,11H2,1H3;1-4H2;3H,1-2H3. The van der Waals surface area contributed by atoms with Gasteiger partial charge in [-0.3, -0.25) is 14.3 Å². The van der Waals surface area contributed by atoms with Gasteiger partial charge in [-0.25, -0.2) is 0 Å². The lowest BCUT2D eigenvalue weighted by Crippen LogP contribution is -2.41. The molecule has 2 aromatic rings. The summed E-state index contributed by atoms with van der Waals surface area (Å²) < 4.78 is 62.4. The van der Waals surface area contributed by atoms with Crippen LogP contribution in [0.3, 0.4) is 0 Å². The maximum atomic E-state index is 13.6. The van der Waals surface area contributed by atoms with Gasteiger partial charge < -0.3 is 28.8 Å². The molecule has 0 bridgehead atoms. The lowest BCUT2D eigenvalue weighted by Gasteiger charge is -2.31. The van der Waals surface area contributed by atoms with Gasteiger partial charge in [0.15, 0.2) is 12.0 Å². The van der Waals surface area contributed by atoms with E-state index in [-0.39, 0.29) is 41.7 Å². The number of carbonyl (C=O) groups excluding carboxylic acids is 2. The molecule has 0 saturated carbocycles. The van der Waals surface area contributed by atoms with Gasteiger partial charge in [-0.15, -0.1) is 0 Å². The lowest BCUT2D eigenvalue weighted by atomic mass is 9.93. The molecular formula is C26H37F3N4O6. The number of nitrogens with one attached hydrogen (secondary N) is 1. The predicted molar refractivity (Wildman–Crippen MR) is 136 cm³/mol. The highest BCUT2D eigenvalue weighted by molar-refractivity contribution is 5.83. The summed E-state index contributed by atoms with van der Waals surface area (Å²) in [7, 11) is 5.23. The van der Waals surface area contributed by atoms with E-state index in [9.17, 15) is 22.8 Å². The number of hydrogen-bond acceptors (Lipinski definition) is 8. The largest absolute Gasteiger partial charge is 0.457 e. The second-order valence-corrected chi connectivity index (χ2v) is 9.46. The Bertz CT molecular complexity index is 1060. The van der Waals surface area contributed by atoms with Crippen LogP contribution in [-0.2, 0) is 44.6 Å². The molecule has 2 fully saturated rings. The molecule has 13 heteroatoms. The number of piperidine rings is 1. The number of furan rings is 1. The molecule has 4 heterocycles. The van der Waals surface area contributed by atoms with Crippen molar-refractivity contribution in [2.24, 2.45) is 5.92 Å². The summed E-state index contributed by atoms with van der Waals surface area (Å²) >= 11 is 0. The Hall–Kier alpha value is -2.74. The second-order valence-electron chi connectivity index (χ2n) is 9.46. The van der Waals surface area contributed by atoms with E-state index in [0.29, 0.717) is 32.5 Å². The Labute approximate surface area is 225 Å². The lowest BCUT2D eigenvalue weighted by molar-refractivity contribution is -0.138. The zero-order valence-electron chi connectivity index (χ0n) is 22.6. The molecule has 2 aliphatic heterocycles. The highest BCUT2D eigenvalue weighted by atomic mass is 19.4. The molecule has 10 nitrogen and oxygen atoms in total. The molecule has 1 N–H and O–H groups in total. The van der Waals surface area contributed by atoms with E-state index in [1.54, 1.807) is 15.8 Å². The molecule has 0 radical (unpaired) electrons. The van der Waals surface area contributed by atoms with Crippen LogP contribution in [0.5, 0.6) is 0 Å². The molecule has 1 aliphatic carbocycles. The van der Waals surface area contributed by atoms with Crippen molar-refractivity contribution in [2.45, 2.75) is 38.4 Å². The smallest absolute Gasteiger partial charge is 0.420 e. The molecule has 0 aromatic carbocycles. The average molecular weight is 559 g/mol. The van der Waals surface area contributed by atoms with E-state index in [2.05, 4.69) is 10.4 Å². The van der Waals surface area contributed by atoms with Crippen LogP contribution in [0.2, 0.25) is 0 Å². The highest BCUT2D eigenvalue weighted by Gasteiger charge is 2.43. The van der Waals surface area contributed by atoms with Crippen molar-refractivity contribution in [3.8, 4) is 11.3 Å². The van der Waals surface area contributed by atoms with Crippen molar-refractivity contribution >= 4 is 12.2 Å². The van der Waals surface area contributed by atoms with Gasteiger partial charge in [-0.2, -0.15) is 18.3 Å². The zero-order chi connectivity index (χ0) is 28.4. The topological polar surface area (TPSA) is 108 Å². The molecule has 1 amide bonds. The predicted octanol–water partition coefficient (Wildman–Crippen LogP) is 2.83. The summed E-state index contributed by atoms with van der Waals surface area (Å²) in [5.41, 5.74) is -0.180. The van der Waals surface area contributed by atoms with Crippen molar-refractivity contribution in [1.82, 2.24) is 20.0 Å². The van der Waals surface area contributed by atoms with E-state index in [1.807, 2.05) is 14.1 Å². The monoisotopic (exact) mass is 558 g/mol. The number of methoxy groups -OCH3 is 1. The molecule has 0 atom stereocenters. The summed E-state index contributed by atoms with van der Waals surface area (Å²) in [6, 6.07) is 0. The van der Waals surface area contributed by atoms with Gasteiger partial charge in [0.1, 0.15) is 17.9 Å². The molecule has 2 aromatic heterocycles. The highest BCUT2D eigenvalue weighted by Crippen LogP contribution is 2.45. The Morgan fingerprint density at radius 1 is 1.15 bits per heavy atom. The number of aromatic nitrogens is 2. The Balaban J connectivity index is 0.000000400. The van der Waals surface area contributed by atoms with Gasteiger partial charge in [-0.1, -0.05) is 0 Å². The normalized spacial score (nSPS) is 17.2. The van der Waals surface area contributed by atoms with Gasteiger partial charge in [0.2, 0.25) is 5.91 Å². The first-order valence-corrected chi connectivity index (χ1v) is 13.0. The number of halogens is 3. The third-order valence-electron chi connectivity index (χ3n) is 6.52. The number of aldehydes is 1. The minimum Gasteiger partial charge on any atom is -0.457 e. The number of ether oxygens (including phenoxy) is 3. The minimum atomic E-state index is -4.70. The van der Waals surface area contributed by atoms with Crippen molar-refractivity contribution in [3.05, 3.63) is 28.8 Å². The van der Waals surface area contributed by atoms with Crippen molar-refractivity contribution < 1.29 is 41.4 Å². The molecule has 39 heavy (non-hydrogen) atoms. The van der Waals surface area contributed by atoms with Crippen LogP contribution in [-0.4, -0.2) is 94.2 Å². The fraction of sp³-hybridized carbons (Fsp3) is 0.654. The van der Waals surface area contributed by atoms with Crippen molar-refractivity contribution in [3.63, 3.8) is 0 Å². The summed E-state index contributed by atoms with van der Waals surface area (Å²) in [5, 5.41) is 7.18. The SMILES string of the molecule is C1COCCO1.CNC.COCC(=O)N1CCC(Cn2cc3c(n2)-c2c(oc(C=O)c2C(F)(F)F)CC3)CC1. The number of amides is 1. The second kappa shape index (κ2) is 14.6. The zero-order valence-corrected chi connectivity index (χ0v) is 22.6. The molecule has 3 aliphatic rings. The van der Waals surface area contributed by atoms with Crippen molar-refractivity contribution in [2.75, 3.05) is 67.3 Å². The van der Waals surface area contributed by atoms with Crippen molar-refractivity contribution in [1.29, 1.82) is 0 Å². The fourth-order valence-electron chi connectivity index (χ4n) is 4.77. The van der Waals surface area contributed by atoms with E-state index >= 15 is 0 Å². The Kier molecular flexibility index (Phi) is 11.5. The van der Waals surface area contributed by atoms with Crippen LogP contribution in [0.1, 0.15) is 40.3 Å². The van der Waals surface area contributed by atoms with Gasteiger partial charge in [0.05, 0.1) is 37.7 Å². The maximum Gasteiger partial charge on any atom is 0.420 e. The maximum absolute atomic E-state index is 13.6. The summed E-state index contributed by atoms with van der Waals surface area (Å²) in [4.78, 5) is 24.8. The number of fused-ring (bicyclic) bond motifs is 3. The fourth-order valence-corrected chi connectivity index (χ4v) is 4.77. The van der Waals surface area contributed by atoms with Gasteiger partial charge >= 0.3 is 6.18 Å². The minimum absolute atomic E-state index is 0.0383. The average Bonchev–Trinajstić information content (AvgIpc) is 3.52. The summed E-state index contributed by atoms with van der Waals surface area (Å²) in [5.74, 6) is -0.298. The third kappa shape index (κ3) is 8.13. The Morgan fingerprint density at radius 3 is 2.28 bits per heavy atom. The van der Waals surface area contributed by atoms with Gasteiger partial charge in [0, 0.05) is 39.4 Å². The van der Waals surface area contributed by atoms with Crippen LogP contribution < -0.4 is 5.32 Å². The first kappa shape index (κ1) is 30.8.